The van der Waals surface area contributed by atoms with Crippen molar-refractivity contribution in [3.8, 4) is 10.6 Å². The summed E-state index contributed by atoms with van der Waals surface area (Å²) in [7, 11) is 0. The Balaban J connectivity index is 2.28. The first kappa shape index (κ1) is 14.0. The predicted molar refractivity (Wildman–Crippen MR) is 83.8 cm³/mol. The summed E-state index contributed by atoms with van der Waals surface area (Å²) in [6.07, 6.45) is 1.96. The third kappa shape index (κ3) is 3.14. The van der Waals surface area contributed by atoms with Crippen LogP contribution in [0.1, 0.15) is 23.2 Å². The maximum absolute atomic E-state index is 5.70. The zero-order valence-electron chi connectivity index (χ0n) is 10.5. The lowest BCUT2D eigenvalue weighted by molar-refractivity contribution is 0.900. The molecule has 1 aromatic heterocycles. The molecule has 0 amide bonds. The molecule has 0 radical (unpaired) electrons. The van der Waals surface area contributed by atoms with Gasteiger partial charge in [0.15, 0.2) is 0 Å². The van der Waals surface area contributed by atoms with E-state index in [9.17, 15) is 0 Å². The van der Waals surface area contributed by atoms with Gasteiger partial charge in [0.05, 0.1) is 5.69 Å². The minimum absolute atomic E-state index is 0.698. The Morgan fingerprint density at radius 2 is 1.94 bits per heavy atom. The van der Waals surface area contributed by atoms with Crippen LogP contribution in [-0.4, -0.2) is 10.9 Å². The molecular formula is C14H15BrClNS. The van der Waals surface area contributed by atoms with E-state index >= 15 is 0 Å². The number of alkyl halides is 1. The number of thiazole rings is 1. The third-order valence-electron chi connectivity index (χ3n) is 2.80. The van der Waals surface area contributed by atoms with Gasteiger partial charge in [-0.05, 0) is 49.9 Å². The van der Waals surface area contributed by atoms with E-state index in [0.29, 0.717) is 5.88 Å². The summed E-state index contributed by atoms with van der Waals surface area (Å²) >= 11 is 11.0. The zero-order chi connectivity index (χ0) is 13.1. The molecule has 1 aromatic carbocycles. The van der Waals surface area contributed by atoms with Gasteiger partial charge in [-0.2, -0.15) is 0 Å². The van der Waals surface area contributed by atoms with Crippen LogP contribution in [0.2, 0.25) is 0 Å². The van der Waals surface area contributed by atoms with Crippen molar-refractivity contribution in [2.45, 2.75) is 26.7 Å². The van der Waals surface area contributed by atoms with Gasteiger partial charge >= 0.3 is 0 Å². The van der Waals surface area contributed by atoms with Gasteiger partial charge in [0, 0.05) is 21.3 Å². The van der Waals surface area contributed by atoms with Gasteiger partial charge in [-0.1, -0.05) is 15.9 Å². The quantitative estimate of drug-likeness (QED) is 0.680. The van der Waals surface area contributed by atoms with Crippen molar-refractivity contribution >= 4 is 38.9 Å². The van der Waals surface area contributed by atoms with Crippen molar-refractivity contribution in [3.63, 3.8) is 0 Å². The Morgan fingerprint density at radius 3 is 2.56 bits per heavy atom. The first-order chi connectivity index (χ1) is 8.61. The first-order valence-corrected chi connectivity index (χ1v) is 8.10. The number of hydrogen-bond donors (Lipinski definition) is 0. The van der Waals surface area contributed by atoms with E-state index < -0.39 is 0 Å². The predicted octanol–water partition coefficient (Wildman–Crippen LogP) is 5.36. The zero-order valence-corrected chi connectivity index (χ0v) is 13.6. The Morgan fingerprint density at radius 1 is 1.28 bits per heavy atom. The van der Waals surface area contributed by atoms with Crippen LogP contribution in [0, 0.1) is 13.8 Å². The van der Waals surface area contributed by atoms with Gasteiger partial charge in [-0.15, -0.1) is 22.9 Å². The second-order valence-corrected chi connectivity index (χ2v) is 6.39. The fourth-order valence-electron chi connectivity index (χ4n) is 1.87. The molecule has 0 N–H and O–H groups in total. The van der Waals surface area contributed by atoms with Crippen LogP contribution in [0.25, 0.3) is 10.6 Å². The van der Waals surface area contributed by atoms with Crippen molar-refractivity contribution in [2.75, 3.05) is 5.88 Å². The summed E-state index contributed by atoms with van der Waals surface area (Å²) in [6, 6.07) is 4.36. The van der Waals surface area contributed by atoms with E-state index in [4.69, 9.17) is 11.6 Å². The fourth-order valence-corrected chi connectivity index (χ4v) is 3.08. The summed E-state index contributed by atoms with van der Waals surface area (Å²) < 4.78 is 1.19. The van der Waals surface area contributed by atoms with Crippen LogP contribution in [0.3, 0.4) is 0 Å². The van der Waals surface area contributed by atoms with Crippen LogP contribution in [0.15, 0.2) is 22.0 Å². The normalized spacial score (nSPS) is 10.9. The van der Waals surface area contributed by atoms with Crippen LogP contribution in [-0.2, 0) is 6.42 Å². The van der Waals surface area contributed by atoms with Gasteiger partial charge < -0.3 is 0 Å². The summed E-state index contributed by atoms with van der Waals surface area (Å²) in [5, 5.41) is 3.23. The summed E-state index contributed by atoms with van der Waals surface area (Å²) in [5.74, 6) is 0.698. The molecule has 2 aromatic rings. The van der Waals surface area contributed by atoms with E-state index in [0.717, 1.165) is 23.5 Å². The topological polar surface area (TPSA) is 12.9 Å². The lowest BCUT2D eigenvalue weighted by Gasteiger charge is -2.05. The Hall–Kier alpha value is -0.380. The second kappa shape index (κ2) is 6.18. The Labute approximate surface area is 125 Å². The number of halogens is 2. The third-order valence-corrected chi connectivity index (χ3v) is 5.26. The number of benzene rings is 1. The smallest absolute Gasteiger partial charge is 0.123 e. The van der Waals surface area contributed by atoms with Gasteiger partial charge in [-0.25, -0.2) is 4.98 Å². The number of hydrogen-bond acceptors (Lipinski definition) is 2. The SMILES string of the molecule is Cc1cc(-c2nc(CCCCl)cs2)cc(C)c1Br. The van der Waals surface area contributed by atoms with E-state index in [1.807, 2.05) is 0 Å². The van der Waals surface area contributed by atoms with Crippen LogP contribution in [0.4, 0.5) is 0 Å². The summed E-state index contributed by atoms with van der Waals surface area (Å²) in [5.41, 5.74) is 4.86. The Kier molecular flexibility index (Phi) is 4.82. The molecule has 96 valence electrons. The van der Waals surface area contributed by atoms with Crippen molar-refractivity contribution < 1.29 is 0 Å². The average molecular weight is 345 g/mol. The van der Waals surface area contributed by atoms with E-state index in [1.54, 1.807) is 11.3 Å². The van der Waals surface area contributed by atoms with Crippen LogP contribution >= 0.6 is 38.9 Å². The molecule has 4 heteroatoms. The van der Waals surface area contributed by atoms with Crippen molar-refractivity contribution in [1.29, 1.82) is 0 Å². The van der Waals surface area contributed by atoms with E-state index in [1.165, 1.54) is 21.2 Å². The molecule has 0 spiro atoms. The molecule has 0 saturated heterocycles. The molecule has 0 unspecified atom stereocenters. The summed E-state index contributed by atoms with van der Waals surface area (Å²) in [4.78, 5) is 4.67. The van der Waals surface area contributed by atoms with Gasteiger partial charge in [0.1, 0.15) is 5.01 Å². The molecule has 0 aliphatic rings. The molecule has 0 saturated carbocycles. The monoisotopic (exact) mass is 343 g/mol. The molecule has 0 fully saturated rings. The molecular weight excluding hydrogens is 330 g/mol. The van der Waals surface area contributed by atoms with Crippen molar-refractivity contribution in [1.82, 2.24) is 4.98 Å². The molecule has 0 aliphatic carbocycles. The molecule has 1 nitrogen and oxygen atoms in total. The minimum Gasteiger partial charge on any atom is -0.241 e. The number of aromatic nitrogens is 1. The van der Waals surface area contributed by atoms with Crippen LogP contribution < -0.4 is 0 Å². The number of rotatable bonds is 4. The van der Waals surface area contributed by atoms with Gasteiger partial charge in [0.25, 0.3) is 0 Å². The summed E-state index contributed by atoms with van der Waals surface area (Å²) in [6.45, 7) is 4.23. The minimum atomic E-state index is 0.698. The molecule has 1 heterocycles. The number of nitrogens with zero attached hydrogens (tertiary/aromatic N) is 1. The molecule has 0 atom stereocenters. The number of aryl methyl sites for hydroxylation is 3. The molecule has 18 heavy (non-hydrogen) atoms. The average Bonchev–Trinajstić information content (AvgIpc) is 2.81. The Bertz CT molecular complexity index is 527. The second-order valence-electron chi connectivity index (χ2n) is 4.36. The van der Waals surface area contributed by atoms with Crippen molar-refractivity contribution in [2.24, 2.45) is 0 Å². The van der Waals surface area contributed by atoms with E-state index in [2.05, 4.69) is 52.3 Å². The highest BCUT2D eigenvalue weighted by Gasteiger charge is 2.08. The highest BCUT2D eigenvalue weighted by molar-refractivity contribution is 9.10. The largest absolute Gasteiger partial charge is 0.241 e. The maximum Gasteiger partial charge on any atom is 0.123 e. The molecule has 0 aliphatic heterocycles. The first-order valence-electron chi connectivity index (χ1n) is 5.89. The van der Waals surface area contributed by atoms with Gasteiger partial charge in [0.2, 0.25) is 0 Å². The van der Waals surface area contributed by atoms with Crippen molar-refractivity contribution in [3.05, 3.63) is 38.8 Å². The molecule has 2 rings (SSSR count). The van der Waals surface area contributed by atoms with Gasteiger partial charge in [-0.3, -0.25) is 0 Å². The standard InChI is InChI=1S/C14H15BrClNS/c1-9-6-11(7-10(2)13(9)15)14-17-12(8-18-14)4-3-5-16/h6-8H,3-5H2,1-2H3. The highest BCUT2D eigenvalue weighted by Crippen LogP contribution is 2.30. The maximum atomic E-state index is 5.70. The highest BCUT2D eigenvalue weighted by atomic mass is 79.9. The van der Waals surface area contributed by atoms with Crippen LogP contribution in [0.5, 0.6) is 0 Å². The fraction of sp³-hybridized carbons (Fsp3) is 0.357. The van der Waals surface area contributed by atoms with E-state index in [-0.39, 0.29) is 0 Å². The lowest BCUT2D eigenvalue weighted by Crippen LogP contribution is -1.88. The lowest BCUT2D eigenvalue weighted by atomic mass is 10.1. The molecule has 0 bridgehead atoms.